The molecule has 3 N–H and O–H groups in total. The Morgan fingerprint density at radius 3 is 2.40 bits per heavy atom. The van der Waals surface area contributed by atoms with E-state index in [9.17, 15) is 4.79 Å². The van der Waals surface area contributed by atoms with Crippen molar-refractivity contribution in [3.8, 4) is 0 Å². The minimum absolute atomic E-state index is 0. The molecule has 0 atom stereocenters. The number of halogens is 1. The summed E-state index contributed by atoms with van der Waals surface area (Å²) in [5.41, 5.74) is 0. The maximum absolute atomic E-state index is 11.6. The molecule has 0 radical (unpaired) electrons. The molecule has 0 aromatic carbocycles. The number of carbonyl (C=O) groups is 1. The summed E-state index contributed by atoms with van der Waals surface area (Å²) >= 11 is 0. The molecule has 6 nitrogen and oxygen atoms in total. The van der Waals surface area contributed by atoms with Crippen LogP contribution >= 0.6 is 24.0 Å². The molecule has 0 aliphatic heterocycles. The zero-order valence-corrected chi connectivity index (χ0v) is 18.3. The Bertz CT molecular complexity index is 359. The summed E-state index contributed by atoms with van der Waals surface area (Å²) < 4.78 is 5.95. The number of aliphatic imine (C=N–C) groups is 1. The molecular weight excluding hydrogens is 431 g/mol. The monoisotopic (exact) mass is 468 g/mol. The lowest BCUT2D eigenvalue weighted by Gasteiger charge is -2.15. The fourth-order valence-electron chi connectivity index (χ4n) is 2.77. The molecule has 0 saturated heterocycles. The third kappa shape index (κ3) is 13.3. The number of nitrogens with one attached hydrogen (secondary N) is 3. The first-order chi connectivity index (χ1) is 11.8. The molecule has 148 valence electrons. The smallest absolute Gasteiger partial charge is 0.221 e. The Labute approximate surface area is 170 Å². The van der Waals surface area contributed by atoms with Gasteiger partial charge in [0, 0.05) is 26.1 Å². The lowest BCUT2D eigenvalue weighted by Crippen LogP contribution is -2.39. The van der Waals surface area contributed by atoms with E-state index in [0.717, 1.165) is 25.5 Å². The van der Waals surface area contributed by atoms with Gasteiger partial charge in [-0.15, -0.1) is 24.0 Å². The molecule has 1 aliphatic carbocycles. The number of carbonyl (C=O) groups excluding carboxylic acids is 1. The van der Waals surface area contributed by atoms with E-state index >= 15 is 0 Å². The number of amides is 1. The first-order valence-corrected chi connectivity index (χ1v) is 9.66. The second-order valence-electron chi connectivity index (χ2n) is 6.27. The molecule has 1 amide bonds. The molecule has 0 aromatic heterocycles. The van der Waals surface area contributed by atoms with E-state index < -0.39 is 0 Å². The van der Waals surface area contributed by atoms with E-state index in [4.69, 9.17) is 4.74 Å². The SMILES string of the molecule is CCCNC(=O)CCNC(=NCCOC1CCCCCC1)NCC.I. The van der Waals surface area contributed by atoms with Crippen molar-refractivity contribution in [2.45, 2.75) is 71.3 Å². The quantitative estimate of drug-likeness (QED) is 0.152. The summed E-state index contributed by atoms with van der Waals surface area (Å²) in [5.74, 6) is 0.835. The van der Waals surface area contributed by atoms with Crippen LogP contribution in [0.1, 0.15) is 65.2 Å². The predicted octanol–water partition coefficient (Wildman–Crippen LogP) is 2.82. The highest BCUT2D eigenvalue weighted by Gasteiger charge is 2.11. The summed E-state index contributed by atoms with van der Waals surface area (Å²) in [6.45, 7) is 7.53. The first-order valence-electron chi connectivity index (χ1n) is 9.66. The molecule has 0 spiro atoms. The first kappa shape index (κ1) is 24.4. The van der Waals surface area contributed by atoms with Gasteiger partial charge < -0.3 is 20.7 Å². The summed E-state index contributed by atoms with van der Waals surface area (Å²) in [5, 5.41) is 9.27. The Morgan fingerprint density at radius 2 is 1.76 bits per heavy atom. The minimum atomic E-state index is 0. The standard InChI is InChI=1S/C18H36N4O2.HI/c1-3-12-20-17(23)11-13-21-18(19-4-2)22-14-15-24-16-9-7-5-6-8-10-16;/h16H,3-15H2,1-2H3,(H,20,23)(H2,19,21,22);1H. The van der Waals surface area contributed by atoms with Gasteiger partial charge in [0.1, 0.15) is 0 Å². The van der Waals surface area contributed by atoms with Crippen molar-refractivity contribution in [2.24, 2.45) is 4.99 Å². The molecule has 1 saturated carbocycles. The van der Waals surface area contributed by atoms with E-state index in [2.05, 4.69) is 20.9 Å². The number of hydrogen-bond acceptors (Lipinski definition) is 3. The summed E-state index contributed by atoms with van der Waals surface area (Å²) in [6.07, 6.45) is 9.49. The molecule has 0 aromatic rings. The van der Waals surface area contributed by atoms with Crippen LogP contribution in [-0.4, -0.2) is 50.8 Å². The third-order valence-electron chi connectivity index (χ3n) is 4.08. The van der Waals surface area contributed by atoms with Gasteiger partial charge in [-0.25, -0.2) is 0 Å². The van der Waals surface area contributed by atoms with Crippen molar-refractivity contribution in [3.05, 3.63) is 0 Å². The number of rotatable bonds is 10. The van der Waals surface area contributed by atoms with Gasteiger partial charge in [0.2, 0.25) is 5.91 Å². The molecule has 0 heterocycles. The lowest BCUT2D eigenvalue weighted by atomic mass is 10.1. The van der Waals surface area contributed by atoms with Gasteiger partial charge in [0.25, 0.3) is 0 Å². The van der Waals surface area contributed by atoms with Gasteiger partial charge >= 0.3 is 0 Å². The fourth-order valence-corrected chi connectivity index (χ4v) is 2.77. The second kappa shape index (κ2) is 16.9. The van der Waals surface area contributed by atoms with Crippen LogP contribution in [0.5, 0.6) is 0 Å². The molecule has 25 heavy (non-hydrogen) atoms. The highest BCUT2D eigenvalue weighted by molar-refractivity contribution is 14.0. The third-order valence-corrected chi connectivity index (χ3v) is 4.08. The topological polar surface area (TPSA) is 74.8 Å². The highest BCUT2D eigenvalue weighted by Crippen LogP contribution is 2.19. The van der Waals surface area contributed by atoms with E-state index in [0.29, 0.717) is 32.2 Å². The largest absolute Gasteiger partial charge is 0.376 e. The molecule has 1 fully saturated rings. The predicted molar refractivity (Wildman–Crippen MR) is 115 cm³/mol. The van der Waals surface area contributed by atoms with Crippen LogP contribution in [0.4, 0.5) is 0 Å². The Hall–Kier alpha value is -0.570. The van der Waals surface area contributed by atoms with E-state index in [1.165, 1.54) is 38.5 Å². The van der Waals surface area contributed by atoms with Crippen LogP contribution in [0.2, 0.25) is 0 Å². The molecule has 0 bridgehead atoms. The summed E-state index contributed by atoms with van der Waals surface area (Å²) in [4.78, 5) is 16.1. The number of ether oxygens (including phenoxy) is 1. The van der Waals surface area contributed by atoms with E-state index in [-0.39, 0.29) is 29.9 Å². The van der Waals surface area contributed by atoms with Gasteiger partial charge in [0.05, 0.1) is 19.3 Å². The van der Waals surface area contributed by atoms with Crippen LogP contribution in [-0.2, 0) is 9.53 Å². The second-order valence-corrected chi connectivity index (χ2v) is 6.27. The number of hydrogen-bond donors (Lipinski definition) is 3. The number of nitrogens with zero attached hydrogens (tertiary/aromatic N) is 1. The minimum Gasteiger partial charge on any atom is -0.376 e. The molecule has 1 rings (SSSR count). The van der Waals surface area contributed by atoms with Crippen molar-refractivity contribution in [1.82, 2.24) is 16.0 Å². The van der Waals surface area contributed by atoms with Crippen molar-refractivity contribution >= 4 is 35.8 Å². The molecule has 0 unspecified atom stereocenters. The Morgan fingerprint density at radius 1 is 1.04 bits per heavy atom. The maximum Gasteiger partial charge on any atom is 0.221 e. The van der Waals surface area contributed by atoms with Crippen molar-refractivity contribution < 1.29 is 9.53 Å². The zero-order chi connectivity index (χ0) is 17.5. The Kier molecular flexibility index (Phi) is 16.5. The lowest BCUT2D eigenvalue weighted by molar-refractivity contribution is -0.120. The molecule has 1 aliphatic rings. The maximum atomic E-state index is 11.6. The van der Waals surface area contributed by atoms with Gasteiger partial charge in [-0.05, 0) is 26.2 Å². The molecular formula is C18H37IN4O2. The highest BCUT2D eigenvalue weighted by atomic mass is 127. The average Bonchev–Trinajstić information content (AvgIpc) is 2.85. The van der Waals surface area contributed by atoms with Crippen molar-refractivity contribution in [3.63, 3.8) is 0 Å². The van der Waals surface area contributed by atoms with Gasteiger partial charge in [0.15, 0.2) is 5.96 Å². The van der Waals surface area contributed by atoms with Crippen molar-refractivity contribution in [2.75, 3.05) is 32.8 Å². The van der Waals surface area contributed by atoms with Crippen LogP contribution in [0, 0.1) is 0 Å². The van der Waals surface area contributed by atoms with Crippen LogP contribution in [0.15, 0.2) is 4.99 Å². The van der Waals surface area contributed by atoms with Gasteiger partial charge in [-0.3, -0.25) is 9.79 Å². The van der Waals surface area contributed by atoms with Crippen LogP contribution in [0.25, 0.3) is 0 Å². The summed E-state index contributed by atoms with van der Waals surface area (Å²) in [7, 11) is 0. The van der Waals surface area contributed by atoms with Gasteiger partial charge in [-0.2, -0.15) is 0 Å². The average molecular weight is 468 g/mol. The van der Waals surface area contributed by atoms with Crippen LogP contribution < -0.4 is 16.0 Å². The molecule has 7 heteroatoms. The van der Waals surface area contributed by atoms with E-state index in [1.54, 1.807) is 0 Å². The number of guanidine groups is 1. The summed E-state index contributed by atoms with van der Waals surface area (Å²) in [6, 6.07) is 0. The van der Waals surface area contributed by atoms with Crippen LogP contribution in [0.3, 0.4) is 0 Å². The van der Waals surface area contributed by atoms with Crippen molar-refractivity contribution in [1.29, 1.82) is 0 Å². The van der Waals surface area contributed by atoms with Gasteiger partial charge in [-0.1, -0.05) is 32.6 Å². The van der Waals surface area contributed by atoms with E-state index in [1.807, 2.05) is 13.8 Å². The zero-order valence-electron chi connectivity index (χ0n) is 15.9. The normalized spacial score (nSPS) is 15.8. The fraction of sp³-hybridized carbons (Fsp3) is 0.889. The Balaban J connectivity index is 0.00000576.